The summed E-state index contributed by atoms with van der Waals surface area (Å²) in [4.78, 5) is 28.8. The highest BCUT2D eigenvalue weighted by atomic mass is 35.5. The Morgan fingerprint density at radius 2 is 1.55 bits per heavy atom. The highest BCUT2D eigenvalue weighted by Crippen LogP contribution is 2.27. The van der Waals surface area contributed by atoms with Gasteiger partial charge in [0, 0.05) is 22.6 Å². The monoisotopic (exact) mass is 603 g/mol. The summed E-state index contributed by atoms with van der Waals surface area (Å²) in [6, 6.07) is 20.8. The fourth-order valence-corrected chi connectivity index (χ4v) is 5.95. The van der Waals surface area contributed by atoms with Gasteiger partial charge in [0.25, 0.3) is 10.0 Å². The number of benzene rings is 3. The Balaban J connectivity index is 2.01. The van der Waals surface area contributed by atoms with E-state index in [2.05, 4.69) is 5.32 Å². The van der Waals surface area contributed by atoms with Gasteiger partial charge in [0.2, 0.25) is 11.8 Å². The highest BCUT2D eigenvalue weighted by molar-refractivity contribution is 7.92. The van der Waals surface area contributed by atoms with Crippen LogP contribution in [0.25, 0.3) is 0 Å². The number of sulfonamides is 1. The molecule has 10 heteroatoms. The van der Waals surface area contributed by atoms with Crippen molar-refractivity contribution in [3.05, 3.63) is 94.5 Å². The number of nitrogens with zero attached hydrogens (tertiary/aromatic N) is 2. The minimum atomic E-state index is -4.19. The molecule has 1 N–H and O–H groups in total. The number of hydrogen-bond donors (Lipinski definition) is 1. The minimum Gasteiger partial charge on any atom is -0.352 e. The van der Waals surface area contributed by atoms with Crippen LogP contribution in [0.5, 0.6) is 0 Å². The summed E-state index contributed by atoms with van der Waals surface area (Å²) in [7, 11) is -4.19. The Bertz CT molecular complexity index is 1390. The first-order valence-electron chi connectivity index (χ1n) is 13.2. The van der Waals surface area contributed by atoms with Crippen LogP contribution >= 0.6 is 23.2 Å². The van der Waals surface area contributed by atoms with Crippen LogP contribution in [-0.2, 0) is 26.0 Å². The third kappa shape index (κ3) is 8.22. The van der Waals surface area contributed by atoms with Crippen LogP contribution in [0.1, 0.15) is 39.2 Å². The summed E-state index contributed by atoms with van der Waals surface area (Å²) < 4.78 is 28.7. The van der Waals surface area contributed by atoms with Gasteiger partial charge in [0.15, 0.2) is 0 Å². The minimum absolute atomic E-state index is 0.0259. The third-order valence-corrected chi connectivity index (χ3v) is 8.92. The Morgan fingerprint density at radius 3 is 2.15 bits per heavy atom. The van der Waals surface area contributed by atoms with E-state index in [1.165, 1.54) is 35.2 Å². The van der Waals surface area contributed by atoms with Crippen molar-refractivity contribution in [1.82, 2.24) is 10.2 Å². The summed E-state index contributed by atoms with van der Waals surface area (Å²) in [5, 5.41) is 3.68. The number of halogens is 2. The first kappa shape index (κ1) is 31.5. The predicted molar refractivity (Wildman–Crippen MR) is 161 cm³/mol. The molecule has 0 heterocycles. The highest BCUT2D eigenvalue weighted by Gasteiger charge is 2.33. The fraction of sp³-hybridized carbons (Fsp3) is 0.333. The maximum atomic E-state index is 14.0. The maximum absolute atomic E-state index is 14.0. The molecule has 0 spiro atoms. The first-order chi connectivity index (χ1) is 19.1. The molecule has 0 aliphatic rings. The van der Waals surface area contributed by atoms with Gasteiger partial charge in [-0.05, 0) is 74.2 Å². The van der Waals surface area contributed by atoms with Gasteiger partial charge in [0.05, 0.1) is 10.6 Å². The number of carbonyl (C=O) groups is 2. The van der Waals surface area contributed by atoms with Gasteiger partial charge in [-0.2, -0.15) is 0 Å². The van der Waals surface area contributed by atoms with E-state index in [4.69, 9.17) is 23.2 Å². The van der Waals surface area contributed by atoms with Crippen LogP contribution < -0.4 is 9.62 Å². The van der Waals surface area contributed by atoms with E-state index in [9.17, 15) is 18.0 Å². The molecular formula is C30H35Cl2N3O4S. The number of hydrogen-bond acceptors (Lipinski definition) is 4. The molecule has 2 amide bonds. The summed E-state index contributed by atoms with van der Waals surface area (Å²) in [6.07, 6.45) is 1.60. The average molecular weight is 605 g/mol. The number of nitrogens with one attached hydrogen (secondary N) is 1. The second-order valence-electron chi connectivity index (χ2n) is 9.51. The van der Waals surface area contributed by atoms with E-state index < -0.39 is 28.5 Å². The quantitative estimate of drug-likeness (QED) is 0.261. The fourth-order valence-electron chi connectivity index (χ4n) is 4.23. The van der Waals surface area contributed by atoms with Crippen LogP contribution in [0.4, 0.5) is 5.69 Å². The lowest BCUT2D eigenvalue weighted by molar-refractivity contribution is -0.139. The predicted octanol–water partition coefficient (Wildman–Crippen LogP) is 5.95. The Hall–Kier alpha value is -3.07. The SMILES string of the molecule is CC[C@H](C(=O)N[C@@H](C)CC)N(CCc1ccccc1)C(=O)CN(c1cccc(Cl)c1)S(=O)(=O)c1ccc(Cl)cc1. The third-order valence-electron chi connectivity index (χ3n) is 6.65. The van der Waals surface area contributed by atoms with E-state index in [0.29, 0.717) is 22.9 Å². The molecule has 0 aromatic heterocycles. The van der Waals surface area contributed by atoms with Crippen molar-refractivity contribution < 1.29 is 18.0 Å². The smallest absolute Gasteiger partial charge is 0.264 e. The molecule has 2 atom stereocenters. The number of anilines is 1. The van der Waals surface area contributed by atoms with Crippen LogP contribution in [0, 0.1) is 0 Å². The molecule has 3 rings (SSSR count). The molecule has 0 fully saturated rings. The van der Waals surface area contributed by atoms with Gasteiger partial charge < -0.3 is 10.2 Å². The van der Waals surface area contributed by atoms with Crippen molar-refractivity contribution >= 4 is 50.7 Å². The standard InChI is InChI=1S/C30H35Cl2N3O4S/c1-4-22(3)33-30(37)28(5-2)34(19-18-23-10-7-6-8-11-23)29(36)21-35(26-13-9-12-25(32)20-26)40(38,39)27-16-14-24(31)15-17-27/h6-17,20,22,28H,4-5,18-19,21H2,1-3H3,(H,33,37)/t22-,28+/m0/s1. The largest absolute Gasteiger partial charge is 0.352 e. The molecule has 7 nitrogen and oxygen atoms in total. The molecule has 40 heavy (non-hydrogen) atoms. The van der Waals surface area contributed by atoms with E-state index in [-0.39, 0.29) is 29.1 Å². The molecule has 0 aliphatic carbocycles. The summed E-state index contributed by atoms with van der Waals surface area (Å²) in [5.41, 5.74) is 1.23. The normalized spacial score (nSPS) is 12.8. The first-order valence-corrected chi connectivity index (χ1v) is 15.4. The van der Waals surface area contributed by atoms with Crippen molar-refractivity contribution in [1.29, 1.82) is 0 Å². The van der Waals surface area contributed by atoms with Crippen LogP contribution in [0.15, 0.2) is 83.8 Å². The lowest BCUT2D eigenvalue weighted by Gasteiger charge is -2.33. The molecule has 0 radical (unpaired) electrons. The maximum Gasteiger partial charge on any atom is 0.264 e. The summed E-state index contributed by atoms with van der Waals surface area (Å²) in [5.74, 6) is -0.771. The van der Waals surface area contributed by atoms with Crippen molar-refractivity contribution in [2.24, 2.45) is 0 Å². The number of amides is 2. The van der Waals surface area contributed by atoms with Crippen molar-refractivity contribution in [2.75, 3.05) is 17.4 Å². The topological polar surface area (TPSA) is 86.8 Å². The van der Waals surface area contributed by atoms with Crippen LogP contribution in [0.2, 0.25) is 10.0 Å². The Kier molecular flexibility index (Phi) is 11.4. The van der Waals surface area contributed by atoms with E-state index in [1.54, 1.807) is 18.2 Å². The van der Waals surface area contributed by atoms with Crippen LogP contribution in [0.3, 0.4) is 0 Å². The molecule has 0 aliphatic heterocycles. The zero-order chi connectivity index (χ0) is 29.3. The Morgan fingerprint density at radius 1 is 0.875 bits per heavy atom. The second-order valence-corrected chi connectivity index (χ2v) is 12.2. The number of rotatable bonds is 13. The van der Waals surface area contributed by atoms with Gasteiger partial charge in [0.1, 0.15) is 12.6 Å². The lowest BCUT2D eigenvalue weighted by atomic mass is 10.1. The average Bonchev–Trinajstić information content (AvgIpc) is 2.94. The molecule has 0 saturated carbocycles. The van der Waals surface area contributed by atoms with Crippen LogP contribution in [-0.4, -0.2) is 50.3 Å². The van der Waals surface area contributed by atoms with Gasteiger partial charge in [-0.3, -0.25) is 13.9 Å². The molecule has 214 valence electrons. The lowest BCUT2D eigenvalue weighted by Crippen LogP contribution is -2.54. The summed E-state index contributed by atoms with van der Waals surface area (Å²) in [6.45, 7) is 5.42. The molecule has 3 aromatic carbocycles. The zero-order valence-corrected chi connectivity index (χ0v) is 25.2. The van der Waals surface area contributed by atoms with E-state index in [1.807, 2.05) is 51.1 Å². The van der Waals surface area contributed by atoms with Crippen molar-refractivity contribution in [2.45, 2.75) is 57.0 Å². The Labute approximate surface area is 247 Å². The van der Waals surface area contributed by atoms with Gasteiger partial charge in [-0.15, -0.1) is 0 Å². The molecule has 0 saturated heterocycles. The zero-order valence-electron chi connectivity index (χ0n) is 22.9. The summed E-state index contributed by atoms with van der Waals surface area (Å²) >= 11 is 12.2. The van der Waals surface area contributed by atoms with Crippen molar-refractivity contribution in [3.63, 3.8) is 0 Å². The van der Waals surface area contributed by atoms with Gasteiger partial charge >= 0.3 is 0 Å². The molecule has 3 aromatic rings. The van der Waals surface area contributed by atoms with Crippen molar-refractivity contribution in [3.8, 4) is 0 Å². The molecule has 0 bridgehead atoms. The molecular weight excluding hydrogens is 569 g/mol. The number of carbonyl (C=O) groups excluding carboxylic acids is 2. The van der Waals surface area contributed by atoms with Gasteiger partial charge in [-0.25, -0.2) is 8.42 Å². The van der Waals surface area contributed by atoms with E-state index in [0.717, 1.165) is 16.3 Å². The van der Waals surface area contributed by atoms with E-state index >= 15 is 0 Å². The molecule has 0 unspecified atom stereocenters. The second kappa shape index (κ2) is 14.5. The van der Waals surface area contributed by atoms with Gasteiger partial charge in [-0.1, -0.05) is 73.4 Å².